The van der Waals surface area contributed by atoms with E-state index in [1.807, 2.05) is 35.6 Å². The lowest BCUT2D eigenvalue weighted by Gasteiger charge is -2.13. The van der Waals surface area contributed by atoms with Gasteiger partial charge in [0.25, 0.3) is 5.91 Å². The minimum Gasteiger partial charge on any atom is -0.307 e. The molecule has 0 bridgehead atoms. The van der Waals surface area contributed by atoms with Gasteiger partial charge in [-0.1, -0.05) is 0 Å². The molecule has 1 amide bonds. The van der Waals surface area contributed by atoms with E-state index in [9.17, 15) is 13.2 Å². The van der Waals surface area contributed by atoms with E-state index in [1.165, 1.54) is 26.2 Å². The Bertz CT molecular complexity index is 851. The number of aryl methyl sites for hydroxylation is 1. The van der Waals surface area contributed by atoms with Crippen LogP contribution in [0.25, 0.3) is 0 Å². The van der Waals surface area contributed by atoms with E-state index in [0.717, 1.165) is 9.87 Å². The average molecular weight is 445 g/mol. The van der Waals surface area contributed by atoms with Crippen LogP contribution in [-0.2, 0) is 10.0 Å². The van der Waals surface area contributed by atoms with Crippen LogP contribution in [0, 0.1) is 10.5 Å². The molecule has 0 radical (unpaired) electrons. The van der Waals surface area contributed by atoms with E-state index in [-0.39, 0.29) is 10.5 Å². The van der Waals surface area contributed by atoms with Crippen molar-refractivity contribution in [2.24, 2.45) is 0 Å². The second-order valence-corrected chi connectivity index (χ2v) is 8.42. The number of anilines is 1. The van der Waals surface area contributed by atoms with Crippen LogP contribution in [0.5, 0.6) is 0 Å². The second kappa shape index (κ2) is 6.93. The fraction of sp³-hybridized carbons (Fsp3) is 0.200. The molecule has 0 aliphatic carbocycles. The highest BCUT2D eigenvalue weighted by atomic mass is 127. The molecule has 2 aromatic rings. The predicted octanol–water partition coefficient (Wildman–Crippen LogP) is 2.50. The van der Waals surface area contributed by atoms with Gasteiger partial charge in [-0.15, -0.1) is 0 Å². The van der Waals surface area contributed by atoms with Gasteiger partial charge in [-0.05, 0) is 65.4 Å². The van der Waals surface area contributed by atoms with Crippen LogP contribution in [0.3, 0.4) is 0 Å². The highest BCUT2D eigenvalue weighted by Gasteiger charge is 2.20. The maximum atomic E-state index is 12.4. The number of hydrogen-bond acceptors (Lipinski definition) is 4. The summed E-state index contributed by atoms with van der Waals surface area (Å²) in [5, 5.41) is 2.68. The Morgan fingerprint density at radius 1 is 1.22 bits per heavy atom. The molecule has 0 unspecified atom stereocenters. The van der Waals surface area contributed by atoms with Crippen LogP contribution in [-0.4, -0.2) is 37.7 Å². The molecule has 122 valence electrons. The molecule has 0 atom stereocenters. The molecule has 1 aromatic heterocycles. The number of sulfonamides is 1. The van der Waals surface area contributed by atoms with Gasteiger partial charge >= 0.3 is 0 Å². The number of rotatable bonds is 4. The standard InChI is InChI=1S/C15H16IN3O3S/c1-10-6-7-17-14(8-10)18-15(20)12-9-11(4-5-13(12)16)23(21,22)19(2)3/h4-9H,1-3H3,(H,17,18,20). The Balaban J connectivity index is 2.37. The Morgan fingerprint density at radius 2 is 1.91 bits per heavy atom. The van der Waals surface area contributed by atoms with Crippen molar-refractivity contribution in [3.8, 4) is 0 Å². The summed E-state index contributed by atoms with van der Waals surface area (Å²) in [6.07, 6.45) is 1.60. The summed E-state index contributed by atoms with van der Waals surface area (Å²) in [6.45, 7) is 1.89. The normalized spacial score (nSPS) is 11.5. The zero-order valence-corrected chi connectivity index (χ0v) is 15.8. The fourth-order valence-electron chi connectivity index (χ4n) is 1.84. The number of pyridine rings is 1. The summed E-state index contributed by atoms with van der Waals surface area (Å²) >= 11 is 2.00. The van der Waals surface area contributed by atoms with E-state index in [2.05, 4.69) is 10.3 Å². The van der Waals surface area contributed by atoms with Gasteiger partial charge in [0.05, 0.1) is 10.5 Å². The van der Waals surface area contributed by atoms with Crippen molar-refractivity contribution in [2.75, 3.05) is 19.4 Å². The van der Waals surface area contributed by atoms with E-state index in [1.54, 1.807) is 18.3 Å². The summed E-state index contributed by atoms with van der Waals surface area (Å²) in [6, 6.07) is 8.03. The van der Waals surface area contributed by atoms with Crippen molar-refractivity contribution < 1.29 is 13.2 Å². The number of aromatic nitrogens is 1. The number of benzene rings is 1. The summed E-state index contributed by atoms with van der Waals surface area (Å²) in [4.78, 5) is 16.6. The molecule has 1 heterocycles. The summed E-state index contributed by atoms with van der Waals surface area (Å²) < 4.78 is 26.2. The van der Waals surface area contributed by atoms with Crippen LogP contribution in [0.2, 0.25) is 0 Å². The van der Waals surface area contributed by atoms with Gasteiger partial charge in [0.2, 0.25) is 10.0 Å². The first-order valence-electron chi connectivity index (χ1n) is 6.68. The molecular formula is C15H16IN3O3S. The van der Waals surface area contributed by atoms with Crippen molar-refractivity contribution in [2.45, 2.75) is 11.8 Å². The highest BCUT2D eigenvalue weighted by Crippen LogP contribution is 2.21. The average Bonchev–Trinajstić information content (AvgIpc) is 2.47. The number of halogens is 1. The molecule has 6 nitrogen and oxygen atoms in total. The van der Waals surface area contributed by atoms with Crippen LogP contribution in [0.4, 0.5) is 5.82 Å². The molecule has 0 aliphatic heterocycles. The molecule has 0 saturated heterocycles. The molecule has 1 aromatic carbocycles. The van der Waals surface area contributed by atoms with Gasteiger partial charge in [-0.3, -0.25) is 4.79 Å². The molecule has 2 rings (SSSR count). The molecule has 8 heteroatoms. The number of nitrogens with one attached hydrogen (secondary N) is 1. The summed E-state index contributed by atoms with van der Waals surface area (Å²) in [5.41, 5.74) is 1.26. The van der Waals surface area contributed by atoms with E-state index in [0.29, 0.717) is 9.39 Å². The lowest BCUT2D eigenvalue weighted by atomic mass is 10.2. The van der Waals surface area contributed by atoms with Crippen LogP contribution in [0.15, 0.2) is 41.4 Å². The van der Waals surface area contributed by atoms with Crippen LogP contribution in [0.1, 0.15) is 15.9 Å². The molecule has 0 fully saturated rings. The highest BCUT2D eigenvalue weighted by molar-refractivity contribution is 14.1. The first kappa shape index (κ1) is 17.8. The lowest BCUT2D eigenvalue weighted by molar-refractivity contribution is 0.102. The first-order chi connectivity index (χ1) is 10.7. The van der Waals surface area contributed by atoms with Crippen molar-refractivity contribution in [3.05, 3.63) is 51.2 Å². The van der Waals surface area contributed by atoms with Crippen molar-refractivity contribution in [1.82, 2.24) is 9.29 Å². The zero-order chi connectivity index (χ0) is 17.2. The number of carbonyl (C=O) groups excluding carboxylic acids is 1. The zero-order valence-electron chi connectivity index (χ0n) is 12.9. The predicted molar refractivity (Wildman–Crippen MR) is 97.0 cm³/mol. The fourth-order valence-corrected chi connectivity index (χ4v) is 3.35. The summed E-state index contributed by atoms with van der Waals surface area (Å²) in [7, 11) is -0.699. The molecular weight excluding hydrogens is 429 g/mol. The van der Waals surface area contributed by atoms with Crippen molar-refractivity contribution in [1.29, 1.82) is 0 Å². The van der Waals surface area contributed by atoms with Gasteiger partial charge in [-0.2, -0.15) is 0 Å². The number of carbonyl (C=O) groups is 1. The van der Waals surface area contributed by atoms with Gasteiger partial charge < -0.3 is 5.32 Å². The maximum Gasteiger partial charge on any atom is 0.257 e. The monoisotopic (exact) mass is 445 g/mol. The molecule has 23 heavy (non-hydrogen) atoms. The Morgan fingerprint density at radius 3 is 2.52 bits per heavy atom. The Hall–Kier alpha value is -1.52. The van der Waals surface area contributed by atoms with Gasteiger partial charge in [0.1, 0.15) is 5.82 Å². The third-order valence-electron chi connectivity index (χ3n) is 3.12. The molecule has 1 N–H and O–H groups in total. The van der Waals surface area contributed by atoms with Gasteiger partial charge in [-0.25, -0.2) is 17.7 Å². The van der Waals surface area contributed by atoms with E-state index >= 15 is 0 Å². The molecule has 0 aliphatic rings. The minimum absolute atomic E-state index is 0.0743. The van der Waals surface area contributed by atoms with Crippen LogP contribution < -0.4 is 5.32 Å². The smallest absolute Gasteiger partial charge is 0.257 e. The number of amides is 1. The van der Waals surface area contributed by atoms with Crippen molar-refractivity contribution in [3.63, 3.8) is 0 Å². The Kier molecular flexibility index (Phi) is 5.37. The third-order valence-corrected chi connectivity index (χ3v) is 5.87. The lowest BCUT2D eigenvalue weighted by Crippen LogP contribution is -2.23. The first-order valence-corrected chi connectivity index (χ1v) is 9.20. The van der Waals surface area contributed by atoms with E-state index in [4.69, 9.17) is 0 Å². The SMILES string of the molecule is Cc1ccnc(NC(=O)c2cc(S(=O)(=O)N(C)C)ccc2I)c1. The van der Waals surface area contributed by atoms with Crippen LogP contribution >= 0.6 is 22.6 Å². The largest absolute Gasteiger partial charge is 0.307 e. The Labute approximate surface area is 149 Å². The topological polar surface area (TPSA) is 79.4 Å². The minimum atomic E-state index is -3.59. The van der Waals surface area contributed by atoms with Gasteiger partial charge in [0.15, 0.2) is 0 Å². The third kappa shape index (κ3) is 4.06. The molecule has 0 spiro atoms. The van der Waals surface area contributed by atoms with Crippen molar-refractivity contribution >= 4 is 44.3 Å². The second-order valence-electron chi connectivity index (χ2n) is 5.10. The summed E-state index contributed by atoms with van der Waals surface area (Å²) in [5.74, 6) is 0.0231. The number of nitrogens with zero attached hydrogens (tertiary/aromatic N) is 2. The molecule has 0 saturated carbocycles. The number of hydrogen-bond donors (Lipinski definition) is 1. The van der Waals surface area contributed by atoms with E-state index < -0.39 is 15.9 Å². The quantitative estimate of drug-likeness (QED) is 0.734. The van der Waals surface area contributed by atoms with Gasteiger partial charge in [0, 0.05) is 23.9 Å². The maximum absolute atomic E-state index is 12.4.